The van der Waals surface area contributed by atoms with Crippen LogP contribution in [0.15, 0.2) is 0 Å². The van der Waals surface area contributed by atoms with Crippen LogP contribution in [0.1, 0.15) is 26.7 Å². The summed E-state index contributed by atoms with van der Waals surface area (Å²) in [5.74, 6) is 0.984. The molecule has 84 valence electrons. The number of carbonyl (C=O) groups excluding carboxylic acids is 1. The third kappa shape index (κ3) is 5.37. The predicted molar refractivity (Wildman–Crippen MR) is 63.9 cm³/mol. The van der Waals surface area contributed by atoms with E-state index in [2.05, 4.69) is 25.4 Å². The van der Waals surface area contributed by atoms with Crippen LogP contribution in [0.5, 0.6) is 0 Å². The van der Waals surface area contributed by atoms with Gasteiger partial charge in [-0.1, -0.05) is 13.3 Å². The Morgan fingerprint density at radius 2 is 2.21 bits per heavy atom. The quantitative estimate of drug-likeness (QED) is 0.693. The Labute approximate surface area is 91.6 Å². The van der Waals surface area contributed by atoms with E-state index in [1.165, 1.54) is 0 Å². The minimum Gasteiger partial charge on any atom is -0.338 e. The molecule has 3 nitrogen and oxygen atoms in total. The number of thioether (sulfide) groups is 1. The molecule has 0 heterocycles. The molecule has 0 aromatic heterocycles. The van der Waals surface area contributed by atoms with Crippen molar-refractivity contribution in [1.29, 1.82) is 0 Å². The molecule has 0 spiro atoms. The third-order valence-electron chi connectivity index (χ3n) is 2.20. The maximum Gasteiger partial charge on any atom is 0.317 e. The molecule has 4 heteroatoms. The van der Waals surface area contributed by atoms with E-state index < -0.39 is 0 Å². The second-order valence-electron chi connectivity index (χ2n) is 3.50. The van der Waals surface area contributed by atoms with Gasteiger partial charge in [-0.25, -0.2) is 4.79 Å². The van der Waals surface area contributed by atoms with Gasteiger partial charge >= 0.3 is 6.03 Å². The van der Waals surface area contributed by atoms with Crippen molar-refractivity contribution in [2.75, 3.05) is 25.6 Å². The van der Waals surface area contributed by atoms with E-state index in [0.717, 1.165) is 25.1 Å². The van der Waals surface area contributed by atoms with Gasteiger partial charge in [-0.3, -0.25) is 0 Å². The minimum absolute atomic E-state index is 0.0417. The average molecular weight is 218 g/mol. The lowest BCUT2D eigenvalue weighted by molar-refractivity contribution is 0.198. The first-order valence-electron chi connectivity index (χ1n) is 5.13. The zero-order valence-electron chi connectivity index (χ0n) is 9.67. The molecule has 0 saturated heterocycles. The number of hydrogen-bond donors (Lipinski definition) is 1. The smallest absolute Gasteiger partial charge is 0.317 e. The standard InChI is InChI=1S/C10H22N2OS/c1-5-6-7-11-10(13)12(3)9(2)8-14-4/h9H,5-8H2,1-4H3,(H,11,13)/t9-/m0/s1. The van der Waals surface area contributed by atoms with E-state index >= 15 is 0 Å². The summed E-state index contributed by atoms with van der Waals surface area (Å²) in [6.45, 7) is 4.97. The molecule has 14 heavy (non-hydrogen) atoms. The largest absolute Gasteiger partial charge is 0.338 e. The Hall–Kier alpha value is -0.380. The second-order valence-corrected chi connectivity index (χ2v) is 4.41. The van der Waals surface area contributed by atoms with Crippen LogP contribution < -0.4 is 5.32 Å². The van der Waals surface area contributed by atoms with Gasteiger partial charge in [0, 0.05) is 25.4 Å². The summed E-state index contributed by atoms with van der Waals surface area (Å²) in [7, 11) is 1.85. The molecule has 0 saturated carbocycles. The molecule has 2 amide bonds. The van der Waals surface area contributed by atoms with Crippen molar-refractivity contribution in [2.24, 2.45) is 0 Å². The van der Waals surface area contributed by atoms with Crippen molar-refractivity contribution in [3.63, 3.8) is 0 Å². The van der Waals surface area contributed by atoms with Crippen LogP contribution in [0.25, 0.3) is 0 Å². The van der Waals surface area contributed by atoms with Gasteiger partial charge in [-0.05, 0) is 19.6 Å². The number of carbonyl (C=O) groups is 1. The van der Waals surface area contributed by atoms with Crippen molar-refractivity contribution < 1.29 is 4.79 Å². The number of hydrogen-bond acceptors (Lipinski definition) is 2. The van der Waals surface area contributed by atoms with Crippen LogP contribution in [0.3, 0.4) is 0 Å². The first-order valence-corrected chi connectivity index (χ1v) is 6.52. The van der Waals surface area contributed by atoms with Crippen molar-refractivity contribution >= 4 is 17.8 Å². The minimum atomic E-state index is 0.0417. The van der Waals surface area contributed by atoms with E-state index in [0.29, 0.717) is 6.04 Å². The maximum absolute atomic E-state index is 11.5. The molecular formula is C10H22N2OS. The maximum atomic E-state index is 11.5. The highest BCUT2D eigenvalue weighted by Gasteiger charge is 2.13. The monoisotopic (exact) mass is 218 g/mol. The molecule has 0 aliphatic carbocycles. The molecule has 0 fully saturated rings. The van der Waals surface area contributed by atoms with Gasteiger partial charge in [0.15, 0.2) is 0 Å². The van der Waals surface area contributed by atoms with Crippen molar-refractivity contribution in [1.82, 2.24) is 10.2 Å². The lowest BCUT2D eigenvalue weighted by Crippen LogP contribution is -2.43. The lowest BCUT2D eigenvalue weighted by atomic mass is 10.3. The first kappa shape index (κ1) is 13.6. The molecule has 0 aromatic rings. The fourth-order valence-corrected chi connectivity index (χ4v) is 1.76. The van der Waals surface area contributed by atoms with Gasteiger partial charge in [0.25, 0.3) is 0 Å². The van der Waals surface area contributed by atoms with E-state index in [1.807, 2.05) is 7.05 Å². The van der Waals surface area contributed by atoms with Crippen molar-refractivity contribution in [2.45, 2.75) is 32.7 Å². The highest BCUT2D eigenvalue weighted by atomic mass is 32.2. The lowest BCUT2D eigenvalue weighted by Gasteiger charge is -2.24. The zero-order chi connectivity index (χ0) is 11.0. The highest BCUT2D eigenvalue weighted by molar-refractivity contribution is 7.98. The predicted octanol–water partition coefficient (Wildman–Crippen LogP) is 2.18. The summed E-state index contributed by atoms with van der Waals surface area (Å²) in [6, 6.07) is 0.339. The Kier molecular flexibility index (Phi) is 7.76. The zero-order valence-corrected chi connectivity index (χ0v) is 10.5. The molecule has 0 aliphatic rings. The fourth-order valence-electron chi connectivity index (χ4n) is 1.05. The summed E-state index contributed by atoms with van der Waals surface area (Å²) >= 11 is 1.76. The van der Waals surface area contributed by atoms with Gasteiger partial charge in [-0.15, -0.1) is 0 Å². The third-order valence-corrected chi connectivity index (χ3v) is 3.01. The van der Waals surface area contributed by atoms with E-state index in [4.69, 9.17) is 0 Å². The van der Waals surface area contributed by atoms with E-state index in [-0.39, 0.29) is 6.03 Å². The van der Waals surface area contributed by atoms with Crippen LogP contribution in [0, 0.1) is 0 Å². The summed E-state index contributed by atoms with van der Waals surface area (Å²) in [5, 5.41) is 2.90. The fraction of sp³-hybridized carbons (Fsp3) is 0.900. The molecule has 0 aliphatic heterocycles. The molecule has 0 aromatic carbocycles. The van der Waals surface area contributed by atoms with Crippen LogP contribution in [0.4, 0.5) is 4.79 Å². The van der Waals surface area contributed by atoms with Crippen molar-refractivity contribution in [3.05, 3.63) is 0 Å². The van der Waals surface area contributed by atoms with Crippen LogP contribution in [-0.2, 0) is 0 Å². The van der Waals surface area contributed by atoms with Gasteiger partial charge in [-0.2, -0.15) is 11.8 Å². The Morgan fingerprint density at radius 1 is 1.57 bits per heavy atom. The van der Waals surface area contributed by atoms with Crippen LogP contribution in [-0.4, -0.2) is 42.6 Å². The molecule has 0 bridgehead atoms. The topological polar surface area (TPSA) is 32.3 Å². The summed E-state index contributed by atoms with van der Waals surface area (Å²) in [4.78, 5) is 13.3. The summed E-state index contributed by atoms with van der Waals surface area (Å²) in [5.41, 5.74) is 0. The number of amides is 2. The second kappa shape index (κ2) is 7.97. The van der Waals surface area contributed by atoms with Gasteiger partial charge in [0.05, 0.1) is 0 Å². The highest BCUT2D eigenvalue weighted by Crippen LogP contribution is 2.03. The SMILES string of the molecule is CCCCNC(=O)N(C)[C@@H](C)CSC. The summed E-state index contributed by atoms with van der Waals surface area (Å²) < 4.78 is 0. The molecular weight excluding hydrogens is 196 g/mol. The van der Waals surface area contributed by atoms with Crippen LogP contribution in [0.2, 0.25) is 0 Å². The Bertz CT molecular complexity index is 164. The van der Waals surface area contributed by atoms with E-state index in [1.54, 1.807) is 16.7 Å². The molecule has 0 radical (unpaired) electrons. The van der Waals surface area contributed by atoms with Crippen LogP contribution >= 0.6 is 11.8 Å². The van der Waals surface area contributed by atoms with Gasteiger partial charge in [0.1, 0.15) is 0 Å². The molecule has 1 N–H and O–H groups in total. The number of urea groups is 1. The molecule has 0 unspecified atom stereocenters. The first-order chi connectivity index (χ1) is 6.63. The molecule has 1 atom stereocenters. The average Bonchev–Trinajstić information content (AvgIpc) is 2.17. The van der Waals surface area contributed by atoms with E-state index in [9.17, 15) is 4.79 Å². The molecule has 0 rings (SSSR count). The normalized spacial score (nSPS) is 12.3. The number of unbranched alkanes of at least 4 members (excludes halogenated alkanes) is 1. The van der Waals surface area contributed by atoms with Gasteiger partial charge in [0.2, 0.25) is 0 Å². The van der Waals surface area contributed by atoms with Crippen molar-refractivity contribution in [3.8, 4) is 0 Å². The Balaban J connectivity index is 3.74. The number of nitrogens with zero attached hydrogens (tertiary/aromatic N) is 1. The number of nitrogens with one attached hydrogen (secondary N) is 1. The Morgan fingerprint density at radius 3 is 2.71 bits per heavy atom. The van der Waals surface area contributed by atoms with Gasteiger partial charge < -0.3 is 10.2 Å². The number of rotatable bonds is 6. The summed E-state index contributed by atoms with van der Waals surface area (Å²) in [6.07, 6.45) is 4.22.